The molecule has 0 aromatic heterocycles. The number of rotatable bonds is 7. The van der Waals surface area contributed by atoms with Crippen LogP contribution in [0.15, 0.2) is 4.99 Å². The summed E-state index contributed by atoms with van der Waals surface area (Å²) < 4.78 is 5.42. The maximum Gasteiger partial charge on any atom is 0.243 e. The van der Waals surface area contributed by atoms with E-state index >= 15 is 0 Å². The van der Waals surface area contributed by atoms with Gasteiger partial charge < -0.3 is 20.3 Å². The van der Waals surface area contributed by atoms with Crippen LogP contribution in [0.4, 0.5) is 0 Å². The monoisotopic (exact) mass is 327 g/mol. The smallest absolute Gasteiger partial charge is 0.243 e. The number of amides is 1. The topological polar surface area (TPSA) is 69.2 Å². The average Bonchev–Trinajstić information content (AvgIpc) is 2.54. The van der Waals surface area contributed by atoms with Crippen LogP contribution in [-0.4, -0.2) is 87.2 Å². The van der Waals surface area contributed by atoms with Gasteiger partial charge in [0, 0.05) is 45.8 Å². The number of likely N-dealkylation sites (N-methyl/N-ethyl adjacent to an activating group) is 1. The van der Waals surface area contributed by atoms with Gasteiger partial charge in [0.15, 0.2) is 5.96 Å². The highest BCUT2D eigenvalue weighted by molar-refractivity contribution is 5.84. The lowest BCUT2D eigenvalue weighted by Gasteiger charge is -2.41. The van der Waals surface area contributed by atoms with Gasteiger partial charge in [-0.25, -0.2) is 4.99 Å². The number of nitrogens with one attached hydrogen (secondary N) is 2. The molecular weight excluding hydrogens is 294 g/mol. The number of carbonyl (C=O) groups excluding carboxylic acids is 1. The zero-order valence-corrected chi connectivity index (χ0v) is 15.3. The molecule has 0 spiro atoms. The number of aliphatic imine (C=N–C) groups is 1. The molecule has 0 aromatic rings. The van der Waals surface area contributed by atoms with E-state index < -0.39 is 0 Å². The van der Waals surface area contributed by atoms with E-state index in [1.807, 2.05) is 0 Å². The zero-order chi connectivity index (χ0) is 17.3. The summed E-state index contributed by atoms with van der Waals surface area (Å²) in [6, 6.07) is 0. The summed E-state index contributed by atoms with van der Waals surface area (Å²) in [6.45, 7) is 11.8. The summed E-state index contributed by atoms with van der Waals surface area (Å²) in [6.07, 6.45) is 1.01. The van der Waals surface area contributed by atoms with Crippen molar-refractivity contribution in [3.8, 4) is 0 Å². The molecule has 0 aliphatic carbocycles. The van der Waals surface area contributed by atoms with E-state index in [4.69, 9.17) is 4.74 Å². The third kappa shape index (κ3) is 7.18. The van der Waals surface area contributed by atoms with Crippen LogP contribution in [0.3, 0.4) is 0 Å². The van der Waals surface area contributed by atoms with Crippen LogP contribution in [0.2, 0.25) is 0 Å². The lowest BCUT2D eigenvalue weighted by atomic mass is 10.0. The Morgan fingerprint density at radius 3 is 2.48 bits per heavy atom. The number of ether oxygens (including phenoxy) is 1. The number of nitrogens with zero attached hydrogens (tertiary/aromatic N) is 3. The van der Waals surface area contributed by atoms with Crippen LogP contribution in [0, 0.1) is 0 Å². The van der Waals surface area contributed by atoms with E-state index in [9.17, 15) is 4.79 Å². The Morgan fingerprint density at radius 2 is 1.91 bits per heavy atom. The van der Waals surface area contributed by atoms with E-state index in [1.165, 1.54) is 0 Å². The lowest BCUT2D eigenvalue weighted by molar-refractivity contribution is -0.127. The van der Waals surface area contributed by atoms with E-state index in [0.29, 0.717) is 5.96 Å². The molecule has 0 atom stereocenters. The third-order valence-electron chi connectivity index (χ3n) is 3.97. The summed E-state index contributed by atoms with van der Waals surface area (Å²) in [5.41, 5.74) is 0.00397. The van der Waals surface area contributed by atoms with Gasteiger partial charge >= 0.3 is 0 Å². The zero-order valence-electron chi connectivity index (χ0n) is 15.3. The van der Waals surface area contributed by atoms with E-state index in [2.05, 4.69) is 41.3 Å². The van der Waals surface area contributed by atoms with Gasteiger partial charge in [-0.2, -0.15) is 0 Å². The molecule has 0 bridgehead atoms. The molecule has 0 aromatic carbocycles. The fourth-order valence-corrected chi connectivity index (χ4v) is 2.29. The normalized spacial score (nSPS) is 17.0. The molecule has 1 heterocycles. The Labute approximate surface area is 140 Å². The molecule has 0 unspecified atom stereocenters. The Hall–Kier alpha value is -1.34. The summed E-state index contributed by atoms with van der Waals surface area (Å²) in [7, 11) is 3.48. The van der Waals surface area contributed by atoms with Crippen molar-refractivity contribution in [1.82, 2.24) is 20.4 Å². The van der Waals surface area contributed by atoms with Crippen LogP contribution in [0.1, 0.15) is 27.2 Å². The molecule has 7 nitrogen and oxygen atoms in total. The third-order valence-corrected chi connectivity index (χ3v) is 3.97. The molecule has 0 saturated carbocycles. The number of hydrogen-bond acceptors (Lipinski definition) is 4. The minimum absolute atomic E-state index is 0.00397. The minimum atomic E-state index is -0.00459. The van der Waals surface area contributed by atoms with Crippen LogP contribution < -0.4 is 10.6 Å². The minimum Gasteiger partial charge on any atom is -0.379 e. The fourth-order valence-electron chi connectivity index (χ4n) is 2.29. The van der Waals surface area contributed by atoms with E-state index in [-0.39, 0.29) is 18.0 Å². The molecule has 7 heteroatoms. The van der Waals surface area contributed by atoms with Crippen molar-refractivity contribution in [3.05, 3.63) is 0 Å². The van der Waals surface area contributed by atoms with Gasteiger partial charge in [-0.05, 0) is 20.3 Å². The predicted molar refractivity (Wildman–Crippen MR) is 93.8 cm³/mol. The average molecular weight is 327 g/mol. The molecule has 2 N–H and O–H groups in total. The maximum absolute atomic E-state index is 11.7. The number of carbonyl (C=O) groups is 1. The van der Waals surface area contributed by atoms with Gasteiger partial charge in [-0.15, -0.1) is 0 Å². The highest BCUT2D eigenvalue weighted by Gasteiger charge is 2.28. The summed E-state index contributed by atoms with van der Waals surface area (Å²) in [4.78, 5) is 20.1. The molecule has 0 radical (unpaired) electrons. The molecular formula is C16H33N5O2. The number of guanidine groups is 1. The Morgan fingerprint density at radius 1 is 1.26 bits per heavy atom. The van der Waals surface area contributed by atoms with Crippen molar-refractivity contribution in [1.29, 1.82) is 0 Å². The lowest BCUT2D eigenvalue weighted by Crippen LogP contribution is -2.56. The molecule has 1 amide bonds. The van der Waals surface area contributed by atoms with E-state index in [1.54, 1.807) is 19.0 Å². The first-order valence-electron chi connectivity index (χ1n) is 8.42. The summed E-state index contributed by atoms with van der Waals surface area (Å²) in [5, 5.41) is 6.64. The van der Waals surface area contributed by atoms with Crippen molar-refractivity contribution in [2.24, 2.45) is 4.99 Å². The molecule has 23 heavy (non-hydrogen) atoms. The van der Waals surface area contributed by atoms with Gasteiger partial charge in [0.25, 0.3) is 0 Å². The van der Waals surface area contributed by atoms with Crippen LogP contribution in [0.25, 0.3) is 0 Å². The van der Waals surface area contributed by atoms with Crippen molar-refractivity contribution >= 4 is 11.9 Å². The molecule has 1 aliphatic rings. The van der Waals surface area contributed by atoms with Crippen LogP contribution in [0.5, 0.6) is 0 Å². The predicted octanol–water partition coefficient (Wildman–Crippen LogP) is 0.131. The highest BCUT2D eigenvalue weighted by atomic mass is 16.5. The summed E-state index contributed by atoms with van der Waals surface area (Å²) >= 11 is 0. The molecule has 134 valence electrons. The first kappa shape index (κ1) is 19.7. The number of hydrogen-bond donors (Lipinski definition) is 2. The van der Waals surface area contributed by atoms with Crippen LogP contribution >= 0.6 is 0 Å². The first-order valence-corrected chi connectivity index (χ1v) is 8.42. The van der Waals surface area contributed by atoms with Crippen molar-refractivity contribution in [2.75, 3.05) is 60.0 Å². The Kier molecular flexibility index (Phi) is 8.33. The van der Waals surface area contributed by atoms with Crippen molar-refractivity contribution in [3.63, 3.8) is 0 Å². The standard InChI is InChI=1S/C16H33N5O2/c1-6-7-17-15(18-12-14(22)20(4)5)19-13-16(2,3)21-8-10-23-11-9-21/h6-13H2,1-5H3,(H2,17,18,19). The Balaban J connectivity index is 2.57. The fraction of sp³-hybridized carbons (Fsp3) is 0.875. The SMILES string of the molecule is CCCNC(=NCC(=O)N(C)C)NCC(C)(C)N1CCOCC1. The second-order valence-corrected chi connectivity index (χ2v) is 6.65. The first-order chi connectivity index (χ1) is 10.9. The van der Waals surface area contributed by atoms with E-state index in [0.717, 1.165) is 45.8 Å². The van der Waals surface area contributed by atoms with Gasteiger partial charge in [0.1, 0.15) is 6.54 Å². The molecule has 1 saturated heterocycles. The van der Waals surface area contributed by atoms with Crippen molar-refractivity contribution in [2.45, 2.75) is 32.7 Å². The van der Waals surface area contributed by atoms with Gasteiger partial charge in [-0.3, -0.25) is 9.69 Å². The van der Waals surface area contributed by atoms with Gasteiger partial charge in [0.05, 0.1) is 13.2 Å². The number of morpholine rings is 1. The second-order valence-electron chi connectivity index (χ2n) is 6.65. The maximum atomic E-state index is 11.7. The Bertz CT molecular complexity index is 390. The van der Waals surface area contributed by atoms with Gasteiger partial charge in [-0.1, -0.05) is 6.92 Å². The van der Waals surface area contributed by atoms with Crippen LogP contribution in [-0.2, 0) is 9.53 Å². The molecule has 1 aliphatic heterocycles. The largest absolute Gasteiger partial charge is 0.379 e. The quantitative estimate of drug-likeness (QED) is 0.514. The molecule has 1 fully saturated rings. The summed E-state index contributed by atoms with van der Waals surface area (Å²) in [5.74, 6) is 0.693. The second kappa shape index (κ2) is 9.72. The van der Waals surface area contributed by atoms with Crippen molar-refractivity contribution < 1.29 is 9.53 Å². The van der Waals surface area contributed by atoms with Gasteiger partial charge in [0.2, 0.25) is 5.91 Å². The highest BCUT2D eigenvalue weighted by Crippen LogP contribution is 2.14. The molecule has 1 rings (SSSR count).